The molecule has 0 bridgehead atoms. The van der Waals surface area contributed by atoms with E-state index in [1.807, 2.05) is 31.2 Å². The highest BCUT2D eigenvalue weighted by Crippen LogP contribution is 2.10. The van der Waals surface area contributed by atoms with Crippen LogP contribution >= 0.6 is 0 Å². The molecule has 2 N–H and O–H groups in total. The van der Waals surface area contributed by atoms with Gasteiger partial charge in [0.2, 0.25) is 0 Å². The van der Waals surface area contributed by atoms with Crippen molar-refractivity contribution < 1.29 is 19.2 Å². The Kier molecular flexibility index (Phi) is 5.83. The van der Waals surface area contributed by atoms with Gasteiger partial charge in [0, 0.05) is 0 Å². The van der Waals surface area contributed by atoms with E-state index in [0.717, 1.165) is 38.6 Å². The lowest BCUT2D eigenvalue weighted by Crippen LogP contribution is -3.14. The number of hydrogen-bond acceptors (Lipinski definition) is 3. The van der Waals surface area contributed by atoms with E-state index in [1.165, 1.54) is 10.5 Å². The summed E-state index contributed by atoms with van der Waals surface area (Å²) in [5.74, 6) is 0.655. The molecular formula is C15H23N2O3+. The molecule has 0 spiro atoms. The highest BCUT2D eigenvalue weighted by molar-refractivity contribution is 5.77. The molecule has 110 valence electrons. The lowest BCUT2D eigenvalue weighted by Gasteiger charge is -2.23. The maximum Gasteiger partial charge on any atom is 0.258 e. The Bertz CT molecular complexity index is 414. The van der Waals surface area contributed by atoms with Crippen LogP contribution < -0.4 is 15.0 Å². The normalized spacial score (nSPS) is 15.8. The quantitative estimate of drug-likeness (QED) is 0.731. The van der Waals surface area contributed by atoms with Crippen LogP contribution in [0.3, 0.4) is 0 Å². The lowest BCUT2D eigenvalue weighted by atomic mass is 10.2. The van der Waals surface area contributed by atoms with Gasteiger partial charge in [-0.25, -0.2) is 0 Å². The van der Waals surface area contributed by atoms with E-state index in [2.05, 4.69) is 5.32 Å². The van der Waals surface area contributed by atoms with Gasteiger partial charge in [0.25, 0.3) is 5.91 Å². The van der Waals surface area contributed by atoms with Crippen molar-refractivity contribution >= 4 is 5.91 Å². The van der Waals surface area contributed by atoms with Crippen LogP contribution in [0.25, 0.3) is 0 Å². The maximum atomic E-state index is 11.7. The smallest absolute Gasteiger partial charge is 0.258 e. The van der Waals surface area contributed by atoms with Gasteiger partial charge in [-0.1, -0.05) is 17.7 Å². The Balaban J connectivity index is 1.59. The summed E-state index contributed by atoms with van der Waals surface area (Å²) < 4.78 is 10.7. The third-order valence-electron chi connectivity index (χ3n) is 3.39. The molecule has 1 aliphatic rings. The molecule has 1 aromatic carbocycles. The van der Waals surface area contributed by atoms with Gasteiger partial charge in [-0.3, -0.25) is 4.79 Å². The van der Waals surface area contributed by atoms with Crippen LogP contribution in [0.15, 0.2) is 24.3 Å². The van der Waals surface area contributed by atoms with Crippen molar-refractivity contribution in [2.24, 2.45) is 0 Å². The van der Waals surface area contributed by atoms with Gasteiger partial charge in [-0.2, -0.15) is 0 Å². The summed E-state index contributed by atoms with van der Waals surface area (Å²) in [6, 6.07) is 7.69. The Morgan fingerprint density at radius 2 is 2.00 bits per heavy atom. The second-order valence-corrected chi connectivity index (χ2v) is 5.06. The number of ether oxygens (including phenoxy) is 2. The number of rotatable bonds is 6. The number of benzene rings is 1. The number of carbonyl (C=O) groups is 1. The van der Waals surface area contributed by atoms with Gasteiger partial charge >= 0.3 is 0 Å². The van der Waals surface area contributed by atoms with E-state index in [1.54, 1.807) is 0 Å². The zero-order valence-corrected chi connectivity index (χ0v) is 12.0. The predicted molar refractivity (Wildman–Crippen MR) is 76.1 cm³/mol. The molecule has 1 amide bonds. The number of aryl methyl sites for hydroxylation is 1. The van der Waals surface area contributed by atoms with E-state index < -0.39 is 0 Å². The second kappa shape index (κ2) is 7.87. The van der Waals surface area contributed by atoms with Gasteiger partial charge in [0.05, 0.1) is 26.3 Å². The molecule has 1 fully saturated rings. The highest BCUT2D eigenvalue weighted by Gasteiger charge is 2.13. The topological polar surface area (TPSA) is 52.0 Å². The molecule has 1 aliphatic heterocycles. The fraction of sp³-hybridized carbons (Fsp3) is 0.533. The molecule has 0 saturated carbocycles. The van der Waals surface area contributed by atoms with Gasteiger partial charge in [0.1, 0.15) is 18.8 Å². The minimum Gasteiger partial charge on any atom is -0.484 e. The minimum atomic E-state index is -0.0711. The molecule has 0 atom stereocenters. The molecule has 1 heterocycles. The number of carbonyl (C=O) groups excluding carboxylic acids is 1. The molecule has 1 saturated heterocycles. The van der Waals surface area contributed by atoms with Gasteiger partial charge < -0.3 is 19.7 Å². The van der Waals surface area contributed by atoms with E-state index in [-0.39, 0.29) is 12.5 Å². The van der Waals surface area contributed by atoms with Crippen molar-refractivity contribution in [3.8, 4) is 5.75 Å². The first kappa shape index (κ1) is 14.8. The monoisotopic (exact) mass is 279 g/mol. The average Bonchev–Trinajstić information content (AvgIpc) is 2.48. The van der Waals surface area contributed by atoms with Crippen molar-refractivity contribution in [2.75, 3.05) is 46.0 Å². The summed E-state index contributed by atoms with van der Waals surface area (Å²) in [4.78, 5) is 13.1. The van der Waals surface area contributed by atoms with E-state index in [4.69, 9.17) is 9.47 Å². The third-order valence-corrected chi connectivity index (χ3v) is 3.39. The Morgan fingerprint density at radius 3 is 2.70 bits per heavy atom. The first-order chi connectivity index (χ1) is 9.74. The number of nitrogens with one attached hydrogen (secondary N) is 2. The zero-order chi connectivity index (χ0) is 14.2. The molecule has 0 aliphatic carbocycles. The van der Waals surface area contributed by atoms with Crippen LogP contribution in [0.4, 0.5) is 0 Å². The van der Waals surface area contributed by atoms with E-state index >= 15 is 0 Å². The van der Waals surface area contributed by atoms with Gasteiger partial charge in [-0.15, -0.1) is 0 Å². The number of amides is 1. The maximum absolute atomic E-state index is 11.7. The van der Waals surface area contributed by atoms with Crippen LogP contribution in [-0.4, -0.2) is 51.9 Å². The van der Waals surface area contributed by atoms with Crippen LogP contribution in [-0.2, 0) is 9.53 Å². The molecule has 0 unspecified atom stereocenters. The fourth-order valence-electron chi connectivity index (χ4n) is 2.12. The largest absolute Gasteiger partial charge is 0.484 e. The summed E-state index contributed by atoms with van der Waals surface area (Å²) in [6.07, 6.45) is 0. The van der Waals surface area contributed by atoms with Crippen molar-refractivity contribution in [3.63, 3.8) is 0 Å². The number of quaternary nitrogens is 1. The summed E-state index contributed by atoms with van der Waals surface area (Å²) in [5, 5.41) is 2.89. The van der Waals surface area contributed by atoms with Crippen LogP contribution in [0.5, 0.6) is 5.75 Å². The minimum absolute atomic E-state index is 0.0709. The average molecular weight is 279 g/mol. The molecule has 20 heavy (non-hydrogen) atoms. The SMILES string of the molecule is Cc1ccc(OCC(=O)NCC[NH+]2CCOCC2)cc1. The van der Waals surface area contributed by atoms with Gasteiger partial charge in [-0.05, 0) is 19.1 Å². The summed E-state index contributed by atoms with van der Waals surface area (Å²) >= 11 is 0. The van der Waals surface area contributed by atoms with Crippen molar-refractivity contribution in [1.82, 2.24) is 5.32 Å². The molecule has 2 rings (SSSR count). The first-order valence-electron chi connectivity index (χ1n) is 7.11. The molecule has 5 heteroatoms. The van der Waals surface area contributed by atoms with Crippen LogP contribution in [0.1, 0.15) is 5.56 Å². The number of morpholine rings is 1. The predicted octanol–water partition coefficient (Wildman–Crippen LogP) is -0.595. The summed E-state index contributed by atoms with van der Waals surface area (Å²) in [5.41, 5.74) is 1.18. The number of hydrogen-bond donors (Lipinski definition) is 2. The zero-order valence-electron chi connectivity index (χ0n) is 12.0. The van der Waals surface area contributed by atoms with Crippen LogP contribution in [0.2, 0.25) is 0 Å². The Morgan fingerprint density at radius 1 is 1.30 bits per heavy atom. The first-order valence-corrected chi connectivity index (χ1v) is 7.11. The molecule has 5 nitrogen and oxygen atoms in total. The highest BCUT2D eigenvalue weighted by atomic mass is 16.5. The Hall–Kier alpha value is -1.59. The fourth-order valence-corrected chi connectivity index (χ4v) is 2.12. The summed E-state index contributed by atoms with van der Waals surface area (Å²) in [7, 11) is 0. The molecule has 1 aromatic rings. The Labute approximate surface area is 119 Å². The summed E-state index contributed by atoms with van der Waals surface area (Å²) in [6.45, 7) is 7.40. The van der Waals surface area contributed by atoms with Crippen molar-refractivity contribution in [1.29, 1.82) is 0 Å². The molecular weight excluding hydrogens is 256 g/mol. The molecule has 0 radical (unpaired) electrons. The van der Waals surface area contributed by atoms with E-state index in [0.29, 0.717) is 6.54 Å². The third kappa shape index (κ3) is 5.19. The van der Waals surface area contributed by atoms with Gasteiger partial charge in [0.15, 0.2) is 6.61 Å². The van der Waals surface area contributed by atoms with Crippen molar-refractivity contribution in [3.05, 3.63) is 29.8 Å². The lowest BCUT2D eigenvalue weighted by molar-refractivity contribution is -0.906. The van der Waals surface area contributed by atoms with Crippen LogP contribution in [0, 0.1) is 6.92 Å². The second-order valence-electron chi connectivity index (χ2n) is 5.06. The van der Waals surface area contributed by atoms with E-state index in [9.17, 15) is 4.79 Å². The van der Waals surface area contributed by atoms with Crippen molar-refractivity contribution in [2.45, 2.75) is 6.92 Å². The standard InChI is InChI=1S/C15H22N2O3/c1-13-2-4-14(5-3-13)20-12-15(18)16-6-7-17-8-10-19-11-9-17/h2-5H,6-12H2,1H3,(H,16,18)/p+1. The molecule has 0 aromatic heterocycles.